The molecule has 0 amide bonds. The molecule has 0 aliphatic carbocycles. The van der Waals surface area contributed by atoms with Crippen molar-refractivity contribution in [1.82, 2.24) is 0 Å². The minimum absolute atomic E-state index is 0.0620. The molecule has 0 aromatic carbocycles. The van der Waals surface area contributed by atoms with Gasteiger partial charge in [-0.05, 0) is 32.3 Å². The van der Waals surface area contributed by atoms with Gasteiger partial charge < -0.3 is 4.52 Å². The van der Waals surface area contributed by atoms with Crippen molar-refractivity contribution in [1.29, 1.82) is 0 Å². The summed E-state index contributed by atoms with van der Waals surface area (Å²) in [6.45, 7) is 10.5. The summed E-state index contributed by atoms with van der Waals surface area (Å²) in [5.74, 6) is 0. The van der Waals surface area contributed by atoms with Crippen LogP contribution in [0.15, 0.2) is 0 Å². The van der Waals surface area contributed by atoms with Crippen LogP contribution in [-0.4, -0.2) is 17.4 Å². The molecule has 1 rings (SSSR count). The molecular formula is C9H20O3P2. The van der Waals surface area contributed by atoms with Crippen molar-refractivity contribution in [3.63, 3.8) is 0 Å². The summed E-state index contributed by atoms with van der Waals surface area (Å²) in [6.07, 6.45) is 0.926. The molecule has 0 bridgehead atoms. The van der Waals surface area contributed by atoms with Gasteiger partial charge in [-0.25, -0.2) is 0 Å². The van der Waals surface area contributed by atoms with Gasteiger partial charge in [0.1, 0.15) is 0 Å². The third-order valence-electron chi connectivity index (χ3n) is 1.97. The highest BCUT2D eigenvalue weighted by molar-refractivity contribution is 8.20. The first-order valence-electron chi connectivity index (χ1n) is 4.93. The van der Waals surface area contributed by atoms with Crippen molar-refractivity contribution >= 4 is 15.6 Å². The third kappa shape index (κ3) is 3.31. The van der Waals surface area contributed by atoms with E-state index in [9.17, 15) is 4.57 Å². The van der Waals surface area contributed by atoms with Gasteiger partial charge in [0.25, 0.3) is 0 Å². The first-order valence-corrected chi connectivity index (χ1v) is 8.31. The molecule has 2 unspecified atom stereocenters. The van der Waals surface area contributed by atoms with Gasteiger partial charge >= 0.3 is 7.28 Å². The second-order valence-electron chi connectivity index (χ2n) is 4.94. The highest BCUT2D eigenvalue weighted by Gasteiger charge is 2.46. The quantitative estimate of drug-likeness (QED) is 0.686. The number of rotatable bonds is 2. The van der Waals surface area contributed by atoms with Gasteiger partial charge in [-0.3, -0.25) is 9.09 Å². The second kappa shape index (κ2) is 3.87. The Morgan fingerprint density at radius 1 is 1.43 bits per heavy atom. The minimum atomic E-state index is -2.83. The zero-order valence-corrected chi connectivity index (χ0v) is 11.5. The molecule has 1 fully saturated rings. The van der Waals surface area contributed by atoms with E-state index in [1.54, 1.807) is 0 Å². The van der Waals surface area contributed by atoms with Gasteiger partial charge in [0, 0.05) is 8.27 Å². The van der Waals surface area contributed by atoms with E-state index >= 15 is 0 Å². The van der Waals surface area contributed by atoms with E-state index in [2.05, 4.69) is 13.8 Å². The smallest absolute Gasteiger partial charge is 0.306 e. The average molecular weight is 238 g/mol. The van der Waals surface area contributed by atoms with Gasteiger partial charge in [-0.15, -0.1) is 0 Å². The predicted molar refractivity (Wildman–Crippen MR) is 61.4 cm³/mol. The summed E-state index contributed by atoms with van der Waals surface area (Å²) in [4.78, 5) is 0. The average Bonchev–Trinajstić information content (AvgIpc) is 1.75. The normalized spacial score (nSPS) is 37.2. The Kier molecular flexibility index (Phi) is 3.49. The van der Waals surface area contributed by atoms with Crippen LogP contribution < -0.4 is 0 Å². The zero-order chi connectivity index (χ0) is 11.0. The molecule has 1 aliphatic heterocycles. The highest BCUT2D eigenvalue weighted by Crippen LogP contribution is 2.76. The molecule has 0 aromatic heterocycles. The minimum Gasteiger partial charge on any atom is -0.306 e. The Morgan fingerprint density at radius 3 is 2.43 bits per heavy atom. The lowest BCUT2D eigenvalue weighted by molar-refractivity contribution is 0.0655. The lowest BCUT2D eigenvalue weighted by Gasteiger charge is -2.43. The molecule has 1 saturated heterocycles. The molecule has 3 nitrogen and oxygen atoms in total. The van der Waals surface area contributed by atoms with Gasteiger partial charge in [-0.2, -0.15) is 0 Å². The van der Waals surface area contributed by atoms with Crippen molar-refractivity contribution < 1.29 is 13.6 Å². The van der Waals surface area contributed by atoms with Gasteiger partial charge in [0.05, 0.1) is 12.2 Å². The van der Waals surface area contributed by atoms with Crippen molar-refractivity contribution in [2.75, 3.05) is 6.61 Å². The fourth-order valence-corrected chi connectivity index (χ4v) is 8.47. The zero-order valence-electron chi connectivity index (χ0n) is 9.59. The highest BCUT2D eigenvalue weighted by atomic mass is 32.1. The molecule has 0 N–H and O–H groups in total. The standard InChI is InChI=1S/C9H20O3P2/c1-6-11-14(10)12-8(2,3)7-9(4,5)13-14/h13H,6-7H2,1-5H3. The molecule has 0 aromatic rings. The monoisotopic (exact) mass is 238 g/mol. The summed E-state index contributed by atoms with van der Waals surface area (Å²) in [5, 5.41) is 0.0620. The van der Waals surface area contributed by atoms with E-state index in [0.29, 0.717) is 6.61 Å². The summed E-state index contributed by atoms with van der Waals surface area (Å²) in [6, 6.07) is 0. The Labute approximate surface area is 88.2 Å². The maximum absolute atomic E-state index is 12.2. The SMILES string of the molecule is CCOP1(=O)OC(C)(C)CC(C)(C)P1. The fraction of sp³-hybridized carbons (Fsp3) is 1.00. The molecule has 2 atom stereocenters. The van der Waals surface area contributed by atoms with Crippen molar-refractivity contribution in [2.24, 2.45) is 0 Å². The lowest BCUT2D eigenvalue weighted by atomic mass is 9.96. The largest absolute Gasteiger partial charge is 0.347 e. The van der Waals surface area contributed by atoms with E-state index in [4.69, 9.17) is 9.05 Å². The van der Waals surface area contributed by atoms with Crippen LogP contribution in [0.3, 0.4) is 0 Å². The van der Waals surface area contributed by atoms with Crippen molar-refractivity contribution in [3.8, 4) is 0 Å². The Bertz CT molecular complexity index is 241. The fourth-order valence-electron chi connectivity index (χ4n) is 2.08. The van der Waals surface area contributed by atoms with E-state index in [-0.39, 0.29) is 19.0 Å². The third-order valence-corrected chi connectivity index (χ3v) is 7.66. The van der Waals surface area contributed by atoms with Gasteiger partial charge in [0.15, 0.2) is 0 Å². The van der Waals surface area contributed by atoms with E-state index in [1.807, 2.05) is 20.8 Å². The van der Waals surface area contributed by atoms with Crippen molar-refractivity contribution in [3.05, 3.63) is 0 Å². The molecule has 1 aliphatic rings. The molecule has 0 radical (unpaired) electrons. The molecule has 1 heterocycles. The lowest BCUT2D eigenvalue weighted by Crippen LogP contribution is -2.35. The summed E-state index contributed by atoms with van der Waals surface area (Å²) < 4.78 is 23.1. The number of hydrogen-bond acceptors (Lipinski definition) is 3. The molecule has 5 heteroatoms. The van der Waals surface area contributed by atoms with Crippen LogP contribution >= 0.6 is 15.6 Å². The Morgan fingerprint density at radius 2 is 2.00 bits per heavy atom. The van der Waals surface area contributed by atoms with Crippen LogP contribution in [0.5, 0.6) is 0 Å². The summed E-state index contributed by atoms with van der Waals surface area (Å²) in [7, 11) is -2.57. The first-order chi connectivity index (χ1) is 6.18. The second-order valence-corrected chi connectivity index (χ2v) is 10.3. The molecular weight excluding hydrogens is 218 g/mol. The topological polar surface area (TPSA) is 35.5 Å². The Balaban J connectivity index is 2.86. The summed E-state index contributed by atoms with van der Waals surface area (Å²) in [5.41, 5.74) is -0.334. The predicted octanol–water partition coefficient (Wildman–Crippen LogP) is 3.79. The summed E-state index contributed by atoms with van der Waals surface area (Å²) >= 11 is 0. The van der Waals surface area contributed by atoms with Crippen LogP contribution in [0.2, 0.25) is 0 Å². The van der Waals surface area contributed by atoms with E-state index in [1.165, 1.54) is 0 Å². The molecule has 84 valence electrons. The van der Waals surface area contributed by atoms with Gasteiger partial charge in [0.2, 0.25) is 0 Å². The van der Waals surface area contributed by atoms with Crippen LogP contribution in [-0.2, 0) is 13.6 Å². The molecule has 0 spiro atoms. The van der Waals surface area contributed by atoms with E-state index < -0.39 is 7.28 Å². The van der Waals surface area contributed by atoms with Crippen LogP contribution in [0.25, 0.3) is 0 Å². The Hall–Kier alpha value is 0.580. The van der Waals surface area contributed by atoms with Gasteiger partial charge in [-0.1, -0.05) is 13.8 Å². The first kappa shape index (κ1) is 12.6. The molecule has 14 heavy (non-hydrogen) atoms. The number of hydrogen-bond donors (Lipinski definition) is 0. The van der Waals surface area contributed by atoms with Crippen LogP contribution in [0, 0.1) is 0 Å². The maximum atomic E-state index is 12.2. The van der Waals surface area contributed by atoms with Crippen LogP contribution in [0.1, 0.15) is 41.0 Å². The van der Waals surface area contributed by atoms with Crippen LogP contribution in [0.4, 0.5) is 0 Å². The van der Waals surface area contributed by atoms with E-state index in [0.717, 1.165) is 6.42 Å². The van der Waals surface area contributed by atoms with Crippen molar-refractivity contribution in [2.45, 2.75) is 51.8 Å². The maximum Gasteiger partial charge on any atom is 0.347 e. The molecule has 0 saturated carbocycles.